The van der Waals surface area contributed by atoms with E-state index in [1.807, 2.05) is 48.5 Å². The number of fused-ring (bicyclic) bond motifs is 1. The van der Waals surface area contributed by atoms with E-state index in [1.54, 1.807) is 12.1 Å². The number of methoxy groups -OCH3 is 1. The van der Waals surface area contributed by atoms with Gasteiger partial charge in [-0.15, -0.1) is 0 Å². The van der Waals surface area contributed by atoms with E-state index < -0.39 is 5.97 Å². The molecule has 5 nitrogen and oxygen atoms in total. The summed E-state index contributed by atoms with van der Waals surface area (Å²) >= 11 is 0. The third-order valence-electron chi connectivity index (χ3n) is 3.66. The van der Waals surface area contributed by atoms with E-state index in [9.17, 15) is 9.59 Å². The Hall–Kier alpha value is -3.21. The standard InChI is InChI=1S/C19H16N2O3/c1-13(22)17(12-14-8-4-3-5-9-14)21-16-11-7-6-10-15(16)18(20-21)19(23)24-2/h3-12H,1-2H3/b17-12-. The van der Waals surface area contributed by atoms with Crippen LogP contribution >= 0.6 is 0 Å². The van der Waals surface area contributed by atoms with Crippen molar-refractivity contribution in [1.29, 1.82) is 0 Å². The maximum absolute atomic E-state index is 12.2. The fourth-order valence-corrected chi connectivity index (χ4v) is 2.52. The Kier molecular flexibility index (Phi) is 4.24. The van der Waals surface area contributed by atoms with Crippen molar-refractivity contribution >= 4 is 34.4 Å². The number of aromatic nitrogens is 2. The van der Waals surface area contributed by atoms with E-state index >= 15 is 0 Å². The number of carbonyl (C=O) groups excluding carboxylic acids is 2. The van der Waals surface area contributed by atoms with Crippen LogP contribution in [-0.4, -0.2) is 28.6 Å². The predicted molar refractivity (Wildman–Crippen MR) is 92.4 cm³/mol. The summed E-state index contributed by atoms with van der Waals surface area (Å²) in [5, 5.41) is 4.97. The van der Waals surface area contributed by atoms with Crippen LogP contribution in [0, 0.1) is 0 Å². The van der Waals surface area contributed by atoms with E-state index in [1.165, 1.54) is 18.7 Å². The first kappa shape index (κ1) is 15.7. The summed E-state index contributed by atoms with van der Waals surface area (Å²) < 4.78 is 6.29. The number of ketones is 1. The molecule has 1 aromatic heterocycles. The minimum atomic E-state index is -0.535. The van der Waals surface area contributed by atoms with Crippen LogP contribution < -0.4 is 0 Å². The second-order valence-corrected chi connectivity index (χ2v) is 5.27. The molecule has 0 saturated heterocycles. The molecule has 120 valence electrons. The van der Waals surface area contributed by atoms with E-state index in [4.69, 9.17) is 4.74 Å². The van der Waals surface area contributed by atoms with Gasteiger partial charge in [-0.25, -0.2) is 9.48 Å². The quantitative estimate of drug-likeness (QED) is 0.546. The Bertz CT molecular complexity index is 940. The van der Waals surface area contributed by atoms with Gasteiger partial charge in [0.2, 0.25) is 0 Å². The highest BCUT2D eigenvalue weighted by molar-refractivity contribution is 6.20. The van der Waals surface area contributed by atoms with Crippen LogP contribution in [0.15, 0.2) is 54.6 Å². The zero-order valence-electron chi connectivity index (χ0n) is 13.4. The summed E-state index contributed by atoms with van der Waals surface area (Å²) in [7, 11) is 1.31. The summed E-state index contributed by atoms with van der Waals surface area (Å²) in [4.78, 5) is 24.2. The molecule has 0 atom stereocenters. The van der Waals surface area contributed by atoms with Gasteiger partial charge in [0.05, 0.1) is 12.6 Å². The molecule has 0 fully saturated rings. The number of allylic oxidation sites excluding steroid dienone is 1. The lowest BCUT2D eigenvalue weighted by Crippen LogP contribution is -2.09. The summed E-state index contributed by atoms with van der Waals surface area (Å²) in [6.45, 7) is 1.48. The number of para-hydroxylation sites is 1. The van der Waals surface area contributed by atoms with Crippen LogP contribution in [0.3, 0.4) is 0 Å². The highest BCUT2D eigenvalue weighted by atomic mass is 16.5. The van der Waals surface area contributed by atoms with Gasteiger partial charge in [0.1, 0.15) is 5.70 Å². The first-order chi connectivity index (χ1) is 11.6. The Morgan fingerprint density at radius 1 is 1.04 bits per heavy atom. The normalized spacial score (nSPS) is 11.5. The van der Waals surface area contributed by atoms with Gasteiger partial charge in [-0.05, 0) is 17.7 Å². The number of esters is 1. The van der Waals surface area contributed by atoms with Crippen molar-refractivity contribution in [3.63, 3.8) is 0 Å². The molecule has 0 N–H and O–H groups in total. The lowest BCUT2D eigenvalue weighted by atomic mass is 10.1. The molecule has 5 heteroatoms. The van der Waals surface area contributed by atoms with Gasteiger partial charge in [-0.3, -0.25) is 4.79 Å². The molecule has 3 aromatic rings. The van der Waals surface area contributed by atoms with E-state index in [0.29, 0.717) is 16.6 Å². The monoisotopic (exact) mass is 320 g/mol. The van der Waals surface area contributed by atoms with Gasteiger partial charge in [0.15, 0.2) is 11.5 Å². The maximum Gasteiger partial charge on any atom is 0.359 e. The second-order valence-electron chi connectivity index (χ2n) is 5.27. The van der Waals surface area contributed by atoms with Crippen molar-refractivity contribution in [1.82, 2.24) is 9.78 Å². The van der Waals surface area contributed by atoms with Crippen LogP contribution in [0.5, 0.6) is 0 Å². The van der Waals surface area contributed by atoms with Gasteiger partial charge in [0.25, 0.3) is 0 Å². The molecule has 0 unspecified atom stereocenters. The van der Waals surface area contributed by atoms with Crippen molar-refractivity contribution in [2.75, 3.05) is 7.11 Å². The Balaban J connectivity index is 2.25. The van der Waals surface area contributed by atoms with Crippen molar-refractivity contribution in [3.05, 3.63) is 65.9 Å². The van der Waals surface area contributed by atoms with Crippen LogP contribution in [-0.2, 0) is 9.53 Å². The number of nitrogens with zero attached hydrogens (tertiary/aromatic N) is 2. The fraction of sp³-hybridized carbons (Fsp3) is 0.105. The predicted octanol–water partition coefficient (Wildman–Crippen LogP) is 3.41. The van der Waals surface area contributed by atoms with Gasteiger partial charge in [0, 0.05) is 12.3 Å². The lowest BCUT2D eigenvalue weighted by Gasteiger charge is -2.06. The summed E-state index contributed by atoms with van der Waals surface area (Å²) in [6.07, 6.45) is 1.75. The number of carbonyl (C=O) groups is 2. The van der Waals surface area contributed by atoms with Crippen molar-refractivity contribution in [2.45, 2.75) is 6.92 Å². The van der Waals surface area contributed by atoms with Crippen molar-refractivity contribution in [3.8, 4) is 0 Å². The molecule has 0 aliphatic heterocycles. The molecule has 2 aromatic carbocycles. The molecule has 3 rings (SSSR count). The maximum atomic E-state index is 12.2. The molecule has 0 amide bonds. The zero-order valence-corrected chi connectivity index (χ0v) is 13.4. The van der Waals surface area contributed by atoms with Gasteiger partial charge < -0.3 is 4.74 Å². The molecular weight excluding hydrogens is 304 g/mol. The summed E-state index contributed by atoms with van der Waals surface area (Å²) in [5.74, 6) is -0.684. The second kappa shape index (κ2) is 6.50. The number of hydrogen-bond donors (Lipinski definition) is 0. The number of benzene rings is 2. The SMILES string of the molecule is COC(=O)c1nn(/C(=C\c2ccccc2)C(C)=O)c2ccccc12. The Morgan fingerprint density at radius 2 is 1.71 bits per heavy atom. The third-order valence-corrected chi connectivity index (χ3v) is 3.66. The molecule has 0 aliphatic carbocycles. The number of rotatable bonds is 4. The van der Waals surface area contributed by atoms with Crippen LogP contribution in [0.25, 0.3) is 22.7 Å². The fourth-order valence-electron chi connectivity index (χ4n) is 2.52. The first-order valence-corrected chi connectivity index (χ1v) is 7.46. The van der Waals surface area contributed by atoms with Gasteiger partial charge >= 0.3 is 5.97 Å². The largest absolute Gasteiger partial charge is 0.464 e. The smallest absolute Gasteiger partial charge is 0.359 e. The van der Waals surface area contributed by atoms with E-state index in [0.717, 1.165) is 5.56 Å². The Morgan fingerprint density at radius 3 is 2.38 bits per heavy atom. The molecule has 0 aliphatic rings. The van der Waals surface area contributed by atoms with Crippen molar-refractivity contribution in [2.24, 2.45) is 0 Å². The average Bonchev–Trinajstić information content (AvgIpc) is 2.99. The van der Waals surface area contributed by atoms with E-state index in [2.05, 4.69) is 5.10 Å². The molecule has 0 saturated carbocycles. The molecule has 0 bridgehead atoms. The summed E-state index contributed by atoms with van der Waals surface area (Å²) in [6, 6.07) is 16.7. The lowest BCUT2D eigenvalue weighted by molar-refractivity contribution is -0.112. The van der Waals surface area contributed by atoms with Crippen LogP contribution in [0.1, 0.15) is 23.0 Å². The average molecular weight is 320 g/mol. The summed E-state index contributed by atoms with van der Waals surface area (Å²) in [5.41, 5.74) is 2.12. The Labute approximate surface area is 139 Å². The molecule has 0 spiro atoms. The molecule has 0 radical (unpaired) electrons. The van der Waals surface area contributed by atoms with Crippen molar-refractivity contribution < 1.29 is 14.3 Å². The third kappa shape index (κ3) is 2.84. The zero-order chi connectivity index (χ0) is 17.1. The molecule has 1 heterocycles. The van der Waals surface area contributed by atoms with Crippen LogP contribution in [0.2, 0.25) is 0 Å². The molecule has 24 heavy (non-hydrogen) atoms. The van der Waals surface area contributed by atoms with Gasteiger partial charge in [-0.1, -0.05) is 48.5 Å². The highest BCUT2D eigenvalue weighted by Gasteiger charge is 2.20. The minimum Gasteiger partial charge on any atom is -0.464 e. The first-order valence-electron chi connectivity index (χ1n) is 7.46. The highest BCUT2D eigenvalue weighted by Crippen LogP contribution is 2.24. The molecular formula is C19H16N2O3. The van der Waals surface area contributed by atoms with Crippen LogP contribution in [0.4, 0.5) is 0 Å². The minimum absolute atomic E-state index is 0.150. The van der Waals surface area contributed by atoms with E-state index in [-0.39, 0.29) is 11.5 Å². The topological polar surface area (TPSA) is 61.2 Å². The number of Topliss-reactive ketones (excluding diaryl/α,β-unsaturated/α-hetero) is 1. The van der Waals surface area contributed by atoms with Gasteiger partial charge in [-0.2, -0.15) is 5.10 Å². The number of hydrogen-bond acceptors (Lipinski definition) is 4. The number of ether oxygens (including phenoxy) is 1.